The van der Waals surface area contributed by atoms with E-state index in [-0.39, 0.29) is 0 Å². The molecule has 1 heterocycles. The summed E-state index contributed by atoms with van der Waals surface area (Å²) in [6.07, 6.45) is 0.977. The summed E-state index contributed by atoms with van der Waals surface area (Å²) in [6, 6.07) is 8.61. The molecular formula is C14H18N2S. The van der Waals surface area contributed by atoms with E-state index in [9.17, 15) is 0 Å². The molecule has 0 amide bonds. The molecule has 1 aromatic carbocycles. The molecule has 1 aromatic heterocycles. The summed E-state index contributed by atoms with van der Waals surface area (Å²) in [5, 5.41) is 3.25. The van der Waals surface area contributed by atoms with Gasteiger partial charge in [-0.25, -0.2) is 4.98 Å². The van der Waals surface area contributed by atoms with Crippen molar-refractivity contribution in [2.24, 2.45) is 5.73 Å². The lowest BCUT2D eigenvalue weighted by Crippen LogP contribution is -2.15. The summed E-state index contributed by atoms with van der Waals surface area (Å²) in [5.74, 6) is 0.343. The molecule has 2 rings (SSSR count). The van der Waals surface area contributed by atoms with Crippen LogP contribution in [-0.4, -0.2) is 11.5 Å². The van der Waals surface area contributed by atoms with Gasteiger partial charge in [-0.05, 0) is 25.8 Å². The summed E-state index contributed by atoms with van der Waals surface area (Å²) in [7, 11) is 0. The van der Waals surface area contributed by atoms with Gasteiger partial charge in [-0.15, -0.1) is 11.3 Å². The first kappa shape index (κ1) is 12.3. The van der Waals surface area contributed by atoms with Crippen LogP contribution in [0.3, 0.4) is 0 Å². The fourth-order valence-electron chi connectivity index (χ4n) is 1.95. The molecule has 0 aliphatic heterocycles. The van der Waals surface area contributed by atoms with Gasteiger partial charge >= 0.3 is 0 Å². The van der Waals surface area contributed by atoms with Gasteiger partial charge < -0.3 is 5.73 Å². The van der Waals surface area contributed by atoms with Gasteiger partial charge in [0.05, 0.1) is 5.01 Å². The minimum absolute atomic E-state index is 0.343. The molecule has 0 saturated heterocycles. The molecule has 90 valence electrons. The Labute approximate surface area is 107 Å². The van der Waals surface area contributed by atoms with E-state index >= 15 is 0 Å². The summed E-state index contributed by atoms with van der Waals surface area (Å²) < 4.78 is 0. The monoisotopic (exact) mass is 246 g/mol. The zero-order valence-corrected chi connectivity index (χ0v) is 11.1. The lowest BCUT2D eigenvalue weighted by Gasteiger charge is -2.12. The number of hydrogen-bond acceptors (Lipinski definition) is 3. The molecule has 0 aliphatic rings. The quantitative estimate of drug-likeness (QED) is 0.900. The van der Waals surface area contributed by atoms with Crippen molar-refractivity contribution in [1.82, 2.24) is 4.98 Å². The molecule has 3 heteroatoms. The summed E-state index contributed by atoms with van der Waals surface area (Å²) in [4.78, 5) is 4.54. The first-order valence-corrected chi connectivity index (χ1v) is 6.74. The molecule has 0 spiro atoms. The number of nitrogens with two attached hydrogens (primary N) is 1. The second-order valence-electron chi connectivity index (χ2n) is 4.45. The van der Waals surface area contributed by atoms with E-state index < -0.39 is 0 Å². The number of aromatic nitrogens is 1. The van der Waals surface area contributed by atoms with Gasteiger partial charge in [-0.2, -0.15) is 0 Å². The van der Waals surface area contributed by atoms with Crippen LogP contribution < -0.4 is 5.73 Å². The predicted octanol–water partition coefficient (Wildman–Crippen LogP) is 3.04. The summed E-state index contributed by atoms with van der Waals surface area (Å²) in [6.45, 7) is 4.80. The zero-order valence-electron chi connectivity index (χ0n) is 10.3. The highest BCUT2D eigenvalue weighted by Crippen LogP contribution is 2.23. The molecule has 2 N–H and O–H groups in total. The predicted molar refractivity (Wildman–Crippen MR) is 73.5 cm³/mol. The van der Waals surface area contributed by atoms with E-state index in [1.165, 1.54) is 11.1 Å². The van der Waals surface area contributed by atoms with E-state index in [0.29, 0.717) is 12.5 Å². The van der Waals surface area contributed by atoms with Crippen LogP contribution >= 0.6 is 11.3 Å². The highest BCUT2D eigenvalue weighted by Gasteiger charge is 2.14. The van der Waals surface area contributed by atoms with Gasteiger partial charge in [-0.3, -0.25) is 0 Å². The Morgan fingerprint density at radius 1 is 1.35 bits per heavy atom. The molecule has 2 nitrogen and oxygen atoms in total. The van der Waals surface area contributed by atoms with Gasteiger partial charge in [0.1, 0.15) is 0 Å². The van der Waals surface area contributed by atoms with Crippen LogP contribution in [0, 0.1) is 13.8 Å². The maximum Gasteiger partial charge on any atom is 0.0975 e. The molecular weight excluding hydrogens is 228 g/mol. The maximum absolute atomic E-state index is 5.87. The van der Waals surface area contributed by atoms with E-state index in [1.807, 2.05) is 6.92 Å². The highest BCUT2D eigenvalue weighted by molar-refractivity contribution is 7.09. The molecule has 0 aliphatic carbocycles. The molecule has 0 saturated carbocycles. The Balaban J connectivity index is 2.15. The second kappa shape index (κ2) is 5.43. The lowest BCUT2D eigenvalue weighted by molar-refractivity contribution is 0.687. The van der Waals surface area contributed by atoms with Crippen LogP contribution in [-0.2, 0) is 6.42 Å². The number of hydrogen-bond donors (Lipinski definition) is 1. The van der Waals surface area contributed by atoms with Crippen LogP contribution in [0.4, 0.5) is 0 Å². The second-order valence-corrected chi connectivity index (χ2v) is 5.34. The van der Waals surface area contributed by atoms with Crippen molar-refractivity contribution in [3.8, 4) is 0 Å². The van der Waals surface area contributed by atoms with E-state index in [1.54, 1.807) is 11.3 Å². The minimum Gasteiger partial charge on any atom is -0.330 e. The SMILES string of the molecule is Cc1cccc(CC(CN)c2nc(C)cs2)c1. The van der Waals surface area contributed by atoms with Crippen LogP contribution in [0.15, 0.2) is 29.6 Å². The van der Waals surface area contributed by atoms with Gasteiger partial charge in [-0.1, -0.05) is 29.8 Å². The highest BCUT2D eigenvalue weighted by atomic mass is 32.1. The van der Waals surface area contributed by atoms with E-state index in [4.69, 9.17) is 5.73 Å². The normalized spacial score (nSPS) is 12.6. The smallest absolute Gasteiger partial charge is 0.0975 e. The standard InChI is InChI=1S/C14H18N2S/c1-10-4-3-5-12(6-10)7-13(8-15)14-16-11(2)9-17-14/h3-6,9,13H,7-8,15H2,1-2H3. The maximum atomic E-state index is 5.87. The largest absolute Gasteiger partial charge is 0.330 e. The van der Waals surface area contributed by atoms with Crippen molar-refractivity contribution in [3.05, 3.63) is 51.5 Å². The molecule has 0 fully saturated rings. The van der Waals surface area contributed by atoms with Crippen LogP contribution in [0.25, 0.3) is 0 Å². The molecule has 0 radical (unpaired) electrons. The third-order valence-corrected chi connectivity index (χ3v) is 3.96. The average molecular weight is 246 g/mol. The number of rotatable bonds is 4. The fourth-order valence-corrected chi connectivity index (χ4v) is 2.87. The first-order chi connectivity index (χ1) is 8.19. The average Bonchev–Trinajstić information content (AvgIpc) is 2.73. The summed E-state index contributed by atoms with van der Waals surface area (Å²) in [5.41, 5.74) is 9.60. The molecule has 1 atom stereocenters. The van der Waals surface area contributed by atoms with Crippen molar-refractivity contribution >= 4 is 11.3 Å². The Bertz CT molecular complexity index is 490. The number of benzene rings is 1. The van der Waals surface area contributed by atoms with Gasteiger partial charge in [0.2, 0.25) is 0 Å². The number of nitrogens with zero attached hydrogens (tertiary/aromatic N) is 1. The fraction of sp³-hybridized carbons (Fsp3) is 0.357. The van der Waals surface area contributed by atoms with Crippen molar-refractivity contribution < 1.29 is 0 Å². The van der Waals surface area contributed by atoms with Crippen molar-refractivity contribution in [3.63, 3.8) is 0 Å². The van der Waals surface area contributed by atoms with Crippen molar-refractivity contribution in [2.45, 2.75) is 26.2 Å². The number of thiazole rings is 1. The first-order valence-electron chi connectivity index (χ1n) is 5.86. The number of aryl methyl sites for hydroxylation is 2. The molecule has 1 unspecified atom stereocenters. The Morgan fingerprint density at radius 2 is 2.18 bits per heavy atom. The molecule has 2 aromatic rings. The van der Waals surface area contributed by atoms with E-state index in [2.05, 4.69) is 41.6 Å². The Morgan fingerprint density at radius 3 is 2.76 bits per heavy atom. The molecule has 0 bridgehead atoms. The summed E-state index contributed by atoms with van der Waals surface area (Å²) >= 11 is 1.71. The van der Waals surface area contributed by atoms with Gasteiger partial charge in [0.25, 0.3) is 0 Å². The van der Waals surface area contributed by atoms with Crippen LogP contribution in [0.1, 0.15) is 27.7 Å². The Hall–Kier alpha value is -1.19. The lowest BCUT2D eigenvalue weighted by atomic mass is 9.99. The third kappa shape index (κ3) is 3.14. The molecule has 17 heavy (non-hydrogen) atoms. The zero-order chi connectivity index (χ0) is 12.3. The van der Waals surface area contributed by atoms with Crippen LogP contribution in [0.2, 0.25) is 0 Å². The van der Waals surface area contributed by atoms with Crippen molar-refractivity contribution in [2.75, 3.05) is 6.54 Å². The van der Waals surface area contributed by atoms with Crippen LogP contribution in [0.5, 0.6) is 0 Å². The van der Waals surface area contributed by atoms with Gasteiger partial charge in [0.15, 0.2) is 0 Å². The minimum atomic E-state index is 0.343. The van der Waals surface area contributed by atoms with Gasteiger partial charge in [0, 0.05) is 23.5 Å². The third-order valence-electron chi connectivity index (χ3n) is 2.84. The Kier molecular flexibility index (Phi) is 3.92. The van der Waals surface area contributed by atoms with E-state index in [0.717, 1.165) is 17.1 Å². The topological polar surface area (TPSA) is 38.9 Å². The van der Waals surface area contributed by atoms with Crippen molar-refractivity contribution in [1.29, 1.82) is 0 Å².